The van der Waals surface area contributed by atoms with E-state index in [0.717, 1.165) is 27.6 Å². The molecule has 0 spiro atoms. The number of anilines is 1. The average molecular weight is 367 g/mol. The van der Waals surface area contributed by atoms with Crippen molar-refractivity contribution in [1.82, 2.24) is 10.2 Å². The summed E-state index contributed by atoms with van der Waals surface area (Å²) in [6, 6.07) is 21.2. The number of benzene rings is 3. The van der Waals surface area contributed by atoms with Crippen molar-refractivity contribution in [2.75, 3.05) is 18.5 Å². The summed E-state index contributed by atoms with van der Waals surface area (Å²) in [7, 11) is 0. The van der Waals surface area contributed by atoms with Gasteiger partial charge in [-0.15, -0.1) is 10.2 Å². The molecule has 1 aromatic heterocycles. The lowest BCUT2D eigenvalue weighted by molar-refractivity contribution is 0.104. The summed E-state index contributed by atoms with van der Waals surface area (Å²) in [5.41, 5.74) is 5.13. The average Bonchev–Trinajstić information content (AvgIpc) is 2.76. The molecule has 136 valence electrons. The molecule has 0 aliphatic heterocycles. The summed E-state index contributed by atoms with van der Waals surface area (Å²) in [5, 5.41) is 23.1. The van der Waals surface area contributed by atoms with Gasteiger partial charge in [0.1, 0.15) is 11.4 Å². The van der Waals surface area contributed by atoms with Crippen molar-refractivity contribution < 1.29 is 9.90 Å². The molecule has 1 aliphatic carbocycles. The lowest BCUT2D eigenvalue weighted by atomic mass is 9.84. The molecular formula is C23H17N3O2. The Morgan fingerprint density at radius 1 is 0.821 bits per heavy atom. The van der Waals surface area contributed by atoms with Crippen molar-refractivity contribution in [3.63, 3.8) is 0 Å². The molecule has 0 unspecified atom stereocenters. The normalized spacial score (nSPS) is 12.1. The molecule has 0 atom stereocenters. The van der Waals surface area contributed by atoms with E-state index < -0.39 is 0 Å². The van der Waals surface area contributed by atoms with Gasteiger partial charge in [-0.05, 0) is 6.07 Å². The van der Waals surface area contributed by atoms with Crippen LogP contribution < -0.4 is 5.32 Å². The number of carbonyl (C=O) groups is 1. The monoisotopic (exact) mass is 367 g/mol. The highest BCUT2D eigenvalue weighted by Crippen LogP contribution is 2.42. The molecule has 4 aromatic rings. The molecule has 0 amide bonds. The minimum absolute atomic E-state index is 0.00965. The van der Waals surface area contributed by atoms with E-state index in [1.165, 1.54) is 0 Å². The van der Waals surface area contributed by atoms with E-state index in [0.29, 0.717) is 29.1 Å². The first-order valence-corrected chi connectivity index (χ1v) is 9.17. The number of aromatic nitrogens is 2. The number of nitrogens with zero attached hydrogens (tertiary/aromatic N) is 2. The van der Waals surface area contributed by atoms with E-state index in [1.54, 1.807) is 0 Å². The minimum atomic E-state index is -0.0406. The zero-order valence-corrected chi connectivity index (χ0v) is 15.0. The third-order valence-electron chi connectivity index (χ3n) is 5.07. The SMILES string of the molecule is O=C1c2c(NCCO)cccc2-c2nnc(-c3ccccc3)c3cccc1c23. The molecule has 5 nitrogen and oxygen atoms in total. The summed E-state index contributed by atoms with van der Waals surface area (Å²) >= 11 is 0. The van der Waals surface area contributed by atoms with Crippen molar-refractivity contribution in [2.45, 2.75) is 0 Å². The van der Waals surface area contributed by atoms with E-state index in [-0.39, 0.29) is 12.4 Å². The smallest absolute Gasteiger partial charge is 0.196 e. The highest BCUT2D eigenvalue weighted by Gasteiger charge is 2.29. The highest BCUT2D eigenvalue weighted by atomic mass is 16.3. The van der Waals surface area contributed by atoms with Crippen LogP contribution in [-0.2, 0) is 0 Å². The fraction of sp³-hybridized carbons (Fsp3) is 0.0870. The van der Waals surface area contributed by atoms with Gasteiger partial charge in [0.25, 0.3) is 0 Å². The maximum atomic E-state index is 13.4. The maximum Gasteiger partial charge on any atom is 0.196 e. The van der Waals surface area contributed by atoms with E-state index in [9.17, 15) is 4.79 Å². The zero-order chi connectivity index (χ0) is 19.1. The zero-order valence-electron chi connectivity index (χ0n) is 15.0. The molecule has 28 heavy (non-hydrogen) atoms. The van der Waals surface area contributed by atoms with Crippen LogP contribution in [0, 0.1) is 0 Å². The van der Waals surface area contributed by atoms with Gasteiger partial charge in [0.15, 0.2) is 5.78 Å². The van der Waals surface area contributed by atoms with Crippen LogP contribution in [0.5, 0.6) is 0 Å². The summed E-state index contributed by atoms with van der Waals surface area (Å²) in [5.74, 6) is -0.0406. The first kappa shape index (κ1) is 16.6. The third kappa shape index (κ3) is 2.41. The molecular weight excluding hydrogens is 350 g/mol. The van der Waals surface area contributed by atoms with Gasteiger partial charge in [-0.25, -0.2) is 0 Å². The topological polar surface area (TPSA) is 75.1 Å². The second-order valence-electron chi connectivity index (χ2n) is 6.70. The summed E-state index contributed by atoms with van der Waals surface area (Å²) in [6.07, 6.45) is 0. The van der Waals surface area contributed by atoms with Crippen LogP contribution in [0.3, 0.4) is 0 Å². The van der Waals surface area contributed by atoms with Crippen molar-refractivity contribution >= 4 is 22.2 Å². The van der Waals surface area contributed by atoms with Crippen LogP contribution in [-0.4, -0.2) is 34.2 Å². The Balaban J connectivity index is 1.81. The fourth-order valence-corrected chi connectivity index (χ4v) is 3.86. The Morgan fingerprint density at radius 3 is 2.39 bits per heavy atom. The first-order chi connectivity index (χ1) is 13.8. The summed E-state index contributed by atoms with van der Waals surface area (Å²) < 4.78 is 0. The fourth-order valence-electron chi connectivity index (χ4n) is 3.86. The number of fused-ring (bicyclic) bond motifs is 2. The standard InChI is InChI=1S/C23H17N3O2/c27-13-12-24-18-11-5-9-16-20(18)23(28)17-10-4-8-15-19(17)22(16)26-25-21(15)14-6-2-1-3-7-14/h1-11,24,27H,12-13H2. The van der Waals surface area contributed by atoms with Crippen LogP contribution in [0.25, 0.3) is 33.3 Å². The minimum Gasteiger partial charge on any atom is -0.395 e. The van der Waals surface area contributed by atoms with Crippen LogP contribution in [0.1, 0.15) is 15.9 Å². The lowest BCUT2D eigenvalue weighted by Gasteiger charge is -2.22. The summed E-state index contributed by atoms with van der Waals surface area (Å²) in [4.78, 5) is 13.4. The van der Waals surface area contributed by atoms with E-state index in [4.69, 9.17) is 5.11 Å². The number of aliphatic hydroxyl groups excluding tert-OH is 1. The van der Waals surface area contributed by atoms with Gasteiger partial charge in [-0.1, -0.05) is 60.7 Å². The quantitative estimate of drug-likeness (QED) is 0.504. The molecule has 1 heterocycles. The Kier molecular flexibility index (Phi) is 3.88. The van der Waals surface area contributed by atoms with E-state index in [1.807, 2.05) is 66.7 Å². The molecule has 0 bridgehead atoms. The van der Waals surface area contributed by atoms with Gasteiger partial charge < -0.3 is 10.4 Å². The van der Waals surface area contributed by atoms with Crippen LogP contribution in [0.15, 0.2) is 66.7 Å². The molecule has 0 saturated heterocycles. The Bertz CT molecular complexity index is 1220. The number of nitrogens with one attached hydrogen (secondary N) is 1. The molecule has 0 radical (unpaired) electrons. The van der Waals surface area contributed by atoms with Gasteiger partial charge in [0.2, 0.25) is 0 Å². The highest BCUT2D eigenvalue weighted by molar-refractivity contribution is 6.28. The van der Waals surface area contributed by atoms with Crippen LogP contribution in [0.2, 0.25) is 0 Å². The van der Waals surface area contributed by atoms with Gasteiger partial charge in [0.05, 0.1) is 12.2 Å². The Labute approximate surface area is 161 Å². The van der Waals surface area contributed by atoms with Gasteiger partial charge in [0, 0.05) is 39.7 Å². The predicted octanol–water partition coefficient (Wildman–Crippen LogP) is 3.91. The van der Waals surface area contributed by atoms with Crippen molar-refractivity contribution in [3.05, 3.63) is 77.9 Å². The van der Waals surface area contributed by atoms with Gasteiger partial charge in [-0.3, -0.25) is 4.79 Å². The molecule has 0 fully saturated rings. The van der Waals surface area contributed by atoms with Crippen molar-refractivity contribution in [1.29, 1.82) is 0 Å². The molecule has 2 N–H and O–H groups in total. The molecule has 0 saturated carbocycles. The summed E-state index contributed by atoms with van der Waals surface area (Å²) in [6.45, 7) is 0.365. The third-order valence-corrected chi connectivity index (χ3v) is 5.07. The van der Waals surface area contributed by atoms with Crippen molar-refractivity contribution in [3.8, 4) is 22.5 Å². The predicted molar refractivity (Wildman–Crippen MR) is 109 cm³/mol. The molecule has 5 heteroatoms. The molecule has 1 aliphatic rings. The second-order valence-corrected chi connectivity index (χ2v) is 6.70. The number of carbonyl (C=O) groups excluding carboxylic acids is 1. The second kappa shape index (κ2) is 6.55. The number of aliphatic hydroxyl groups is 1. The Hall–Kier alpha value is -3.57. The maximum absolute atomic E-state index is 13.4. The number of hydrogen-bond acceptors (Lipinski definition) is 5. The first-order valence-electron chi connectivity index (χ1n) is 9.17. The van der Waals surface area contributed by atoms with E-state index >= 15 is 0 Å². The molecule has 3 aromatic carbocycles. The van der Waals surface area contributed by atoms with Gasteiger partial charge >= 0.3 is 0 Å². The largest absolute Gasteiger partial charge is 0.395 e. The molecule has 5 rings (SSSR count). The van der Waals surface area contributed by atoms with Crippen LogP contribution >= 0.6 is 0 Å². The number of hydrogen-bond donors (Lipinski definition) is 2. The Morgan fingerprint density at radius 2 is 1.57 bits per heavy atom. The van der Waals surface area contributed by atoms with Gasteiger partial charge in [-0.2, -0.15) is 0 Å². The number of ketones is 1. The number of rotatable bonds is 4. The van der Waals surface area contributed by atoms with E-state index in [2.05, 4.69) is 15.5 Å². The van der Waals surface area contributed by atoms with Crippen molar-refractivity contribution in [2.24, 2.45) is 0 Å². The lowest BCUT2D eigenvalue weighted by Crippen LogP contribution is -2.16. The van der Waals surface area contributed by atoms with Crippen LogP contribution in [0.4, 0.5) is 5.69 Å².